The third-order valence-electron chi connectivity index (χ3n) is 6.18. The highest BCUT2D eigenvalue weighted by atomic mass is 79.9. The normalized spacial score (nSPS) is 15.1. The zero-order valence-electron chi connectivity index (χ0n) is 18.9. The zero-order chi connectivity index (χ0) is 24.1. The molecule has 6 nitrogen and oxygen atoms in total. The van der Waals surface area contributed by atoms with Crippen LogP contribution in [0.25, 0.3) is 11.0 Å². The molecule has 1 N–H and O–H groups in total. The van der Waals surface area contributed by atoms with Crippen molar-refractivity contribution in [2.45, 2.75) is 26.4 Å². The molecule has 1 aromatic heterocycles. The van der Waals surface area contributed by atoms with Gasteiger partial charge < -0.3 is 19.2 Å². The van der Waals surface area contributed by atoms with Gasteiger partial charge in [0.2, 0.25) is 5.76 Å². The van der Waals surface area contributed by atoms with Gasteiger partial charge in [-0.05, 0) is 70.2 Å². The Morgan fingerprint density at radius 3 is 2.53 bits per heavy atom. The number of carbonyl (C=O) groups excluding carboxylic acids is 1. The molecule has 1 aliphatic rings. The number of fused-ring (bicyclic) bond motifs is 2. The highest BCUT2D eigenvalue weighted by molar-refractivity contribution is 9.10. The molecule has 0 saturated carbocycles. The van der Waals surface area contributed by atoms with Gasteiger partial charge in [0.15, 0.2) is 16.9 Å². The molecule has 3 aromatic carbocycles. The van der Waals surface area contributed by atoms with Crippen LogP contribution >= 0.6 is 15.9 Å². The maximum atomic E-state index is 13.8. The number of carbonyl (C=O) groups is 1. The molecule has 34 heavy (non-hydrogen) atoms. The van der Waals surface area contributed by atoms with E-state index in [0.29, 0.717) is 21.0 Å². The van der Waals surface area contributed by atoms with E-state index in [-0.39, 0.29) is 40.7 Å². The molecule has 2 heterocycles. The van der Waals surface area contributed by atoms with E-state index in [0.717, 1.165) is 16.7 Å². The number of rotatable bonds is 4. The minimum absolute atomic E-state index is 0.0496. The number of hydrogen-bond acceptors (Lipinski definition) is 5. The fourth-order valence-corrected chi connectivity index (χ4v) is 5.13. The molecule has 1 atom stereocenters. The second-order valence-corrected chi connectivity index (χ2v) is 9.36. The van der Waals surface area contributed by atoms with Crippen LogP contribution in [0.1, 0.15) is 44.4 Å². The number of ether oxygens (including phenoxy) is 1. The van der Waals surface area contributed by atoms with E-state index in [2.05, 4.69) is 15.9 Å². The minimum Gasteiger partial charge on any atom is -0.503 e. The van der Waals surface area contributed by atoms with Crippen molar-refractivity contribution in [3.05, 3.63) is 103 Å². The Morgan fingerprint density at radius 2 is 1.82 bits per heavy atom. The Morgan fingerprint density at radius 1 is 1.09 bits per heavy atom. The number of methoxy groups -OCH3 is 1. The van der Waals surface area contributed by atoms with Gasteiger partial charge in [0, 0.05) is 6.54 Å². The molecule has 0 aliphatic carbocycles. The van der Waals surface area contributed by atoms with Crippen molar-refractivity contribution in [1.82, 2.24) is 4.90 Å². The van der Waals surface area contributed by atoms with Crippen molar-refractivity contribution >= 4 is 32.8 Å². The molecule has 1 amide bonds. The fraction of sp³-hybridized carbons (Fsp3) is 0.185. The summed E-state index contributed by atoms with van der Waals surface area (Å²) < 4.78 is 11.9. The average Bonchev–Trinajstić information content (AvgIpc) is 3.09. The SMILES string of the molecule is COc1cc([C@H]2c3c(oc4c(C)cc(C)cc4c3=O)C(=O)N2Cc2ccccc2)cc(Br)c1O. The van der Waals surface area contributed by atoms with Gasteiger partial charge in [-0.25, -0.2) is 0 Å². The Labute approximate surface area is 204 Å². The fourth-order valence-electron chi connectivity index (χ4n) is 4.67. The van der Waals surface area contributed by atoms with Gasteiger partial charge in [0.25, 0.3) is 5.91 Å². The first-order valence-electron chi connectivity index (χ1n) is 10.8. The standard InChI is InChI=1S/C27H22BrNO5/c1-14-9-15(2)25-18(10-14)23(30)21-22(17-11-19(28)24(31)20(12-17)33-3)29(27(32)26(21)34-25)13-16-7-5-4-6-8-16/h4-12,22,31H,13H2,1-3H3/t22-/m0/s1. The number of halogens is 1. The second-order valence-electron chi connectivity index (χ2n) is 8.51. The summed E-state index contributed by atoms with van der Waals surface area (Å²) in [4.78, 5) is 29.1. The molecule has 0 radical (unpaired) electrons. The first kappa shape index (κ1) is 22.2. The molecule has 0 fully saturated rings. The van der Waals surface area contributed by atoms with E-state index in [1.54, 1.807) is 23.1 Å². The first-order chi connectivity index (χ1) is 16.3. The monoisotopic (exact) mass is 519 g/mol. The molecule has 7 heteroatoms. The maximum Gasteiger partial charge on any atom is 0.291 e. The van der Waals surface area contributed by atoms with Crippen LogP contribution in [-0.4, -0.2) is 23.0 Å². The Balaban J connectivity index is 1.79. The summed E-state index contributed by atoms with van der Waals surface area (Å²) in [5.74, 6) is -0.122. The number of hydrogen-bond donors (Lipinski definition) is 1. The van der Waals surface area contributed by atoms with Crippen LogP contribution in [-0.2, 0) is 6.54 Å². The van der Waals surface area contributed by atoms with Crippen molar-refractivity contribution in [2.75, 3.05) is 7.11 Å². The third-order valence-corrected chi connectivity index (χ3v) is 6.78. The van der Waals surface area contributed by atoms with Gasteiger partial charge in [-0.2, -0.15) is 0 Å². The number of benzene rings is 3. The van der Waals surface area contributed by atoms with E-state index >= 15 is 0 Å². The summed E-state index contributed by atoms with van der Waals surface area (Å²) in [6, 6.07) is 15.9. The molecule has 172 valence electrons. The van der Waals surface area contributed by atoms with E-state index < -0.39 is 6.04 Å². The lowest BCUT2D eigenvalue weighted by atomic mass is 9.97. The van der Waals surface area contributed by atoms with Crippen molar-refractivity contribution in [3.8, 4) is 11.5 Å². The Hall–Kier alpha value is -3.58. The van der Waals surface area contributed by atoms with Gasteiger partial charge in [-0.15, -0.1) is 0 Å². The van der Waals surface area contributed by atoms with Crippen LogP contribution in [0, 0.1) is 13.8 Å². The summed E-state index contributed by atoms with van der Waals surface area (Å²) in [5.41, 5.74) is 3.76. The lowest BCUT2D eigenvalue weighted by molar-refractivity contribution is 0.0714. The average molecular weight is 520 g/mol. The molecule has 5 rings (SSSR count). The van der Waals surface area contributed by atoms with E-state index in [9.17, 15) is 14.7 Å². The van der Waals surface area contributed by atoms with Crippen LogP contribution in [0.15, 0.2) is 68.3 Å². The van der Waals surface area contributed by atoms with Crippen LogP contribution in [0.4, 0.5) is 0 Å². The van der Waals surface area contributed by atoms with Crippen LogP contribution in [0.5, 0.6) is 11.5 Å². The summed E-state index contributed by atoms with van der Waals surface area (Å²) in [7, 11) is 1.45. The highest BCUT2D eigenvalue weighted by Gasteiger charge is 2.43. The molecule has 0 saturated heterocycles. The van der Waals surface area contributed by atoms with Crippen molar-refractivity contribution < 1.29 is 19.1 Å². The largest absolute Gasteiger partial charge is 0.503 e. The summed E-state index contributed by atoms with van der Waals surface area (Å²) in [5, 5.41) is 10.8. The van der Waals surface area contributed by atoms with Crippen molar-refractivity contribution in [2.24, 2.45) is 0 Å². The number of aryl methyl sites for hydroxylation is 2. The summed E-state index contributed by atoms with van der Waals surface area (Å²) in [6.07, 6.45) is 0. The topological polar surface area (TPSA) is 80.0 Å². The minimum atomic E-state index is -0.713. The number of amides is 1. The molecular formula is C27H22BrNO5. The number of aromatic hydroxyl groups is 1. The van der Waals surface area contributed by atoms with Crippen LogP contribution in [0.3, 0.4) is 0 Å². The third kappa shape index (κ3) is 3.47. The van der Waals surface area contributed by atoms with E-state index in [4.69, 9.17) is 9.15 Å². The quantitative estimate of drug-likeness (QED) is 0.377. The number of nitrogens with zero attached hydrogens (tertiary/aromatic N) is 1. The number of phenols is 1. The van der Waals surface area contributed by atoms with Gasteiger partial charge in [-0.3, -0.25) is 9.59 Å². The predicted molar refractivity (Wildman–Crippen MR) is 132 cm³/mol. The van der Waals surface area contributed by atoms with Crippen molar-refractivity contribution in [3.63, 3.8) is 0 Å². The highest BCUT2D eigenvalue weighted by Crippen LogP contribution is 2.44. The zero-order valence-corrected chi connectivity index (χ0v) is 20.5. The molecular weight excluding hydrogens is 498 g/mol. The molecule has 4 aromatic rings. The Kier molecular flexibility index (Phi) is 5.44. The molecule has 0 unspecified atom stereocenters. The maximum absolute atomic E-state index is 13.8. The smallest absolute Gasteiger partial charge is 0.291 e. The van der Waals surface area contributed by atoms with E-state index in [1.165, 1.54) is 7.11 Å². The predicted octanol–water partition coefficient (Wildman–Crippen LogP) is 5.63. The summed E-state index contributed by atoms with van der Waals surface area (Å²) in [6.45, 7) is 4.07. The molecule has 0 bridgehead atoms. The second kappa shape index (κ2) is 8.33. The van der Waals surface area contributed by atoms with Gasteiger partial charge >= 0.3 is 0 Å². The van der Waals surface area contributed by atoms with Gasteiger partial charge in [0.1, 0.15) is 5.58 Å². The van der Waals surface area contributed by atoms with Crippen LogP contribution < -0.4 is 10.2 Å². The summed E-state index contributed by atoms with van der Waals surface area (Å²) >= 11 is 3.37. The van der Waals surface area contributed by atoms with E-state index in [1.807, 2.05) is 50.2 Å². The lowest BCUT2D eigenvalue weighted by Gasteiger charge is -2.26. The Bertz CT molecular complexity index is 1510. The molecule has 0 spiro atoms. The van der Waals surface area contributed by atoms with Gasteiger partial charge in [0.05, 0.1) is 28.6 Å². The van der Waals surface area contributed by atoms with Crippen LogP contribution in [0.2, 0.25) is 0 Å². The van der Waals surface area contributed by atoms with Crippen molar-refractivity contribution in [1.29, 1.82) is 0 Å². The number of phenolic OH excluding ortho intramolecular Hbond substituents is 1. The lowest BCUT2D eigenvalue weighted by Crippen LogP contribution is -2.29. The first-order valence-corrected chi connectivity index (χ1v) is 11.6. The van der Waals surface area contributed by atoms with Gasteiger partial charge in [-0.1, -0.05) is 36.4 Å². The molecule has 1 aliphatic heterocycles.